The van der Waals surface area contributed by atoms with E-state index in [-0.39, 0.29) is 12.5 Å². The molecule has 3 nitrogen and oxygen atoms in total. The summed E-state index contributed by atoms with van der Waals surface area (Å²) in [6.07, 6.45) is 0. The lowest BCUT2D eigenvalue weighted by atomic mass is 9.96. The average molecular weight is 244 g/mol. The second kappa shape index (κ2) is 6.09. The van der Waals surface area contributed by atoms with Crippen LogP contribution in [0.15, 0.2) is 12.1 Å². The van der Waals surface area contributed by atoms with Gasteiger partial charge in [-0.3, -0.25) is 0 Å². The molecule has 0 spiro atoms. The lowest BCUT2D eigenvalue weighted by Crippen LogP contribution is -2.20. The molecule has 1 unspecified atom stereocenters. The van der Waals surface area contributed by atoms with Crippen LogP contribution in [0.1, 0.15) is 17.0 Å². The maximum Gasteiger partial charge on any atom is 0.125 e. The number of ether oxygens (including phenoxy) is 1. The van der Waals surface area contributed by atoms with Gasteiger partial charge in [-0.1, -0.05) is 11.6 Å². The van der Waals surface area contributed by atoms with E-state index in [0.717, 1.165) is 16.9 Å². The molecule has 4 heteroatoms. The van der Waals surface area contributed by atoms with Crippen molar-refractivity contribution in [2.75, 3.05) is 27.3 Å². The molecule has 1 aromatic carbocycles. The fourth-order valence-electron chi connectivity index (χ4n) is 1.86. The molecule has 1 rings (SSSR count). The Morgan fingerprint density at radius 2 is 2.19 bits per heavy atom. The molecule has 90 valence electrons. The van der Waals surface area contributed by atoms with Crippen LogP contribution in [0.3, 0.4) is 0 Å². The molecule has 0 aliphatic carbocycles. The second-order valence-corrected chi connectivity index (χ2v) is 4.22. The van der Waals surface area contributed by atoms with E-state index in [1.54, 1.807) is 7.11 Å². The molecule has 1 atom stereocenters. The Kier molecular flexibility index (Phi) is 5.06. The highest BCUT2D eigenvalue weighted by Crippen LogP contribution is 2.32. The van der Waals surface area contributed by atoms with Crippen molar-refractivity contribution < 1.29 is 9.84 Å². The van der Waals surface area contributed by atoms with E-state index in [0.29, 0.717) is 11.6 Å². The van der Waals surface area contributed by atoms with Crippen LogP contribution in [0.4, 0.5) is 0 Å². The lowest BCUT2D eigenvalue weighted by Gasteiger charge is -2.19. The fourth-order valence-corrected chi connectivity index (χ4v) is 2.14. The first-order valence-electron chi connectivity index (χ1n) is 5.23. The zero-order chi connectivity index (χ0) is 12.1. The third kappa shape index (κ3) is 2.88. The van der Waals surface area contributed by atoms with E-state index in [9.17, 15) is 5.11 Å². The Bertz CT molecular complexity index is 355. The number of aryl methyl sites for hydroxylation is 1. The summed E-state index contributed by atoms with van der Waals surface area (Å²) in [5, 5.41) is 13.1. The quantitative estimate of drug-likeness (QED) is 0.831. The molecular weight excluding hydrogens is 226 g/mol. The van der Waals surface area contributed by atoms with E-state index in [1.807, 2.05) is 26.1 Å². The second-order valence-electron chi connectivity index (χ2n) is 3.78. The monoisotopic (exact) mass is 243 g/mol. The van der Waals surface area contributed by atoms with Crippen molar-refractivity contribution in [3.63, 3.8) is 0 Å². The van der Waals surface area contributed by atoms with Gasteiger partial charge in [0.1, 0.15) is 5.75 Å². The van der Waals surface area contributed by atoms with Crippen molar-refractivity contribution in [2.45, 2.75) is 12.8 Å². The predicted octanol–water partition coefficient (Wildman–Crippen LogP) is 1.95. The fraction of sp³-hybridized carbons (Fsp3) is 0.500. The minimum atomic E-state index is -0.00245. The number of nitrogens with one attached hydrogen (secondary N) is 1. The number of aliphatic hydroxyl groups is 1. The number of likely N-dealkylation sites (N-methyl/N-ethyl adjacent to an activating group) is 1. The standard InChI is InChI=1S/C12H18ClNO2/c1-8-4-10(13)5-11(12(8)16-3)9(7-15)6-14-2/h4-5,9,14-15H,6-7H2,1-3H3. The van der Waals surface area contributed by atoms with Crippen molar-refractivity contribution in [3.8, 4) is 5.75 Å². The van der Waals surface area contributed by atoms with Gasteiger partial charge in [-0.25, -0.2) is 0 Å². The van der Waals surface area contributed by atoms with Crippen molar-refractivity contribution in [1.82, 2.24) is 5.32 Å². The predicted molar refractivity (Wildman–Crippen MR) is 66.5 cm³/mol. The molecule has 0 bridgehead atoms. The third-order valence-corrected chi connectivity index (χ3v) is 2.80. The highest BCUT2D eigenvalue weighted by molar-refractivity contribution is 6.30. The van der Waals surface area contributed by atoms with Gasteiger partial charge in [-0.15, -0.1) is 0 Å². The molecule has 0 heterocycles. The third-order valence-electron chi connectivity index (χ3n) is 2.58. The van der Waals surface area contributed by atoms with Crippen LogP contribution in [0, 0.1) is 6.92 Å². The van der Waals surface area contributed by atoms with E-state index in [4.69, 9.17) is 16.3 Å². The summed E-state index contributed by atoms with van der Waals surface area (Å²) in [5.74, 6) is 0.802. The number of halogens is 1. The zero-order valence-electron chi connectivity index (χ0n) is 9.88. The Morgan fingerprint density at radius 1 is 1.50 bits per heavy atom. The molecule has 16 heavy (non-hydrogen) atoms. The van der Waals surface area contributed by atoms with E-state index in [2.05, 4.69) is 5.32 Å². The molecule has 2 N–H and O–H groups in total. The molecule has 1 aromatic rings. The number of methoxy groups -OCH3 is 1. The molecule has 0 aliphatic heterocycles. The Hall–Kier alpha value is -0.770. The van der Waals surface area contributed by atoms with Crippen LogP contribution in [0.25, 0.3) is 0 Å². The maximum absolute atomic E-state index is 9.37. The van der Waals surface area contributed by atoms with Gasteiger partial charge in [0, 0.05) is 23.0 Å². The number of hydrogen-bond acceptors (Lipinski definition) is 3. The minimum Gasteiger partial charge on any atom is -0.496 e. The van der Waals surface area contributed by atoms with Crippen LogP contribution in [-0.4, -0.2) is 32.4 Å². The van der Waals surface area contributed by atoms with Gasteiger partial charge in [0.05, 0.1) is 13.7 Å². The topological polar surface area (TPSA) is 41.5 Å². The SMILES string of the molecule is CNCC(CO)c1cc(Cl)cc(C)c1OC. The minimum absolute atomic E-state index is 0.00245. The number of rotatable bonds is 5. The first kappa shape index (κ1) is 13.3. The zero-order valence-corrected chi connectivity index (χ0v) is 10.6. The number of aliphatic hydroxyl groups excluding tert-OH is 1. The van der Waals surface area contributed by atoms with Crippen LogP contribution < -0.4 is 10.1 Å². The van der Waals surface area contributed by atoms with Crippen LogP contribution >= 0.6 is 11.6 Å². The van der Waals surface area contributed by atoms with Gasteiger partial charge in [0.25, 0.3) is 0 Å². The highest BCUT2D eigenvalue weighted by atomic mass is 35.5. The van der Waals surface area contributed by atoms with E-state index >= 15 is 0 Å². The van der Waals surface area contributed by atoms with Gasteiger partial charge in [0.15, 0.2) is 0 Å². The number of benzene rings is 1. The first-order chi connectivity index (χ1) is 7.63. The largest absolute Gasteiger partial charge is 0.496 e. The van der Waals surface area contributed by atoms with Gasteiger partial charge < -0.3 is 15.2 Å². The normalized spacial score (nSPS) is 12.6. The summed E-state index contributed by atoms with van der Waals surface area (Å²) in [6.45, 7) is 2.70. The van der Waals surface area contributed by atoms with Gasteiger partial charge in [0.2, 0.25) is 0 Å². The molecule has 0 saturated carbocycles. The van der Waals surface area contributed by atoms with Gasteiger partial charge in [-0.2, -0.15) is 0 Å². The van der Waals surface area contributed by atoms with Crippen LogP contribution in [0.5, 0.6) is 5.75 Å². The van der Waals surface area contributed by atoms with E-state index < -0.39 is 0 Å². The molecule has 0 aromatic heterocycles. The van der Waals surface area contributed by atoms with Crippen molar-refractivity contribution in [3.05, 3.63) is 28.3 Å². The Morgan fingerprint density at radius 3 is 2.69 bits per heavy atom. The van der Waals surface area contributed by atoms with E-state index in [1.165, 1.54) is 0 Å². The maximum atomic E-state index is 9.37. The summed E-state index contributed by atoms with van der Waals surface area (Å²) in [5.41, 5.74) is 1.93. The summed E-state index contributed by atoms with van der Waals surface area (Å²) < 4.78 is 5.36. The van der Waals surface area contributed by atoms with Crippen LogP contribution in [0.2, 0.25) is 5.02 Å². The van der Waals surface area contributed by atoms with Gasteiger partial charge in [-0.05, 0) is 31.7 Å². The molecule has 0 radical (unpaired) electrons. The molecule has 0 fully saturated rings. The summed E-state index contributed by atoms with van der Waals surface area (Å²) in [6, 6.07) is 3.71. The Labute approximate surface area is 101 Å². The molecule has 0 amide bonds. The molecule has 0 saturated heterocycles. The molecule has 0 aliphatic rings. The smallest absolute Gasteiger partial charge is 0.125 e. The lowest BCUT2D eigenvalue weighted by molar-refractivity contribution is 0.260. The summed E-state index contributed by atoms with van der Waals surface area (Å²) in [7, 11) is 3.49. The van der Waals surface area contributed by atoms with Crippen LogP contribution in [-0.2, 0) is 0 Å². The van der Waals surface area contributed by atoms with Gasteiger partial charge >= 0.3 is 0 Å². The average Bonchev–Trinajstić information content (AvgIpc) is 2.25. The van der Waals surface area contributed by atoms with Crippen molar-refractivity contribution in [2.24, 2.45) is 0 Å². The first-order valence-corrected chi connectivity index (χ1v) is 5.61. The van der Waals surface area contributed by atoms with Crippen molar-refractivity contribution in [1.29, 1.82) is 0 Å². The number of hydrogen-bond donors (Lipinski definition) is 2. The molecular formula is C12H18ClNO2. The summed E-state index contributed by atoms with van der Waals surface area (Å²) >= 11 is 6.02. The summed E-state index contributed by atoms with van der Waals surface area (Å²) in [4.78, 5) is 0. The Balaban J connectivity index is 3.17. The van der Waals surface area contributed by atoms with Crippen molar-refractivity contribution >= 4 is 11.6 Å². The highest BCUT2D eigenvalue weighted by Gasteiger charge is 2.17.